The van der Waals surface area contributed by atoms with Crippen LogP contribution in [0, 0.1) is 0 Å². The Balaban J connectivity index is 1.82. The van der Waals surface area contributed by atoms with Gasteiger partial charge in [0.1, 0.15) is 0 Å². The van der Waals surface area contributed by atoms with Crippen LogP contribution in [0.1, 0.15) is 59.8 Å². The first-order valence-electron chi connectivity index (χ1n) is 12.7. The summed E-state index contributed by atoms with van der Waals surface area (Å²) in [6, 6.07) is 21.2. The molecule has 2 aromatic rings. The number of rotatable bonds is 11. The molecule has 35 heavy (non-hydrogen) atoms. The van der Waals surface area contributed by atoms with Gasteiger partial charge in [-0.3, -0.25) is 0 Å². The molecule has 0 aliphatic carbocycles. The summed E-state index contributed by atoms with van der Waals surface area (Å²) in [5.74, 6) is -0.972. The van der Waals surface area contributed by atoms with Crippen LogP contribution in [0.2, 0.25) is 5.04 Å². The van der Waals surface area contributed by atoms with Gasteiger partial charge in [-0.2, -0.15) is 0 Å². The smallest absolute Gasteiger partial charge is 0.328 e. The molecule has 190 valence electrons. The Morgan fingerprint density at radius 2 is 1.66 bits per heavy atom. The molecule has 0 bridgehead atoms. The Labute approximate surface area is 211 Å². The van der Waals surface area contributed by atoms with Crippen LogP contribution in [0.25, 0.3) is 0 Å². The highest BCUT2D eigenvalue weighted by Gasteiger charge is 2.50. The van der Waals surface area contributed by atoms with Gasteiger partial charge in [-0.25, -0.2) is 4.79 Å². The van der Waals surface area contributed by atoms with E-state index in [9.17, 15) is 4.79 Å². The van der Waals surface area contributed by atoms with Crippen LogP contribution in [-0.4, -0.2) is 44.5 Å². The molecule has 1 saturated heterocycles. The molecule has 1 fully saturated rings. The molecule has 0 amide bonds. The average molecular weight is 497 g/mol. The van der Waals surface area contributed by atoms with E-state index in [0.717, 1.165) is 25.7 Å². The lowest BCUT2D eigenvalue weighted by Crippen LogP contribution is -2.67. The maximum atomic E-state index is 11.2. The van der Waals surface area contributed by atoms with E-state index in [1.807, 2.05) is 12.1 Å². The van der Waals surface area contributed by atoms with Gasteiger partial charge >= 0.3 is 5.97 Å². The molecule has 2 aromatic carbocycles. The van der Waals surface area contributed by atoms with E-state index in [4.69, 9.17) is 19.0 Å². The fraction of sp³-hybridized carbons (Fsp3) is 0.483. The summed E-state index contributed by atoms with van der Waals surface area (Å²) in [7, 11) is -2.64. The Morgan fingerprint density at radius 3 is 2.14 bits per heavy atom. The number of ether oxygens (including phenoxy) is 2. The van der Waals surface area contributed by atoms with Crippen LogP contribution in [-0.2, 0) is 18.7 Å². The Bertz CT molecular complexity index is 893. The summed E-state index contributed by atoms with van der Waals surface area (Å²) >= 11 is 0. The number of aliphatic carboxylic acids is 1. The quantitative estimate of drug-likeness (QED) is 0.338. The average Bonchev–Trinajstić information content (AvgIpc) is 2.85. The SMILES string of the molecule is C[C@@H](CC[C@@H](/C=C/C(=O)O)OC1CCCCO1)O[Si](c1ccccc1)(c1ccccc1)C(C)(C)C. The van der Waals surface area contributed by atoms with E-state index in [1.54, 1.807) is 6.08 Å². The molecule has 0 radical (unpaired) electrons. The van der Waals surface area contributed by atoms with Crippen molar-refractivity contribution in [3.63, 3.8) is 0 Å². The van der Waals surface area contributed by atoms with Gasteiger partial charge in [0, 0.05) is 18.8 Å². The summed E-state index contributed by atoms with van der Waals surface area (Å²) in [6.45, 7) is 9.62. The number of hydrogen-bond acceptors (Lipinski definition) is 4. The molecule has 0 aromatic heterocycles. The maximum absolute atomic E-state index is 11.2. The van der Waals surface area contributed by atoms with Gasteiger partial charge in [0.25, 0.3) is 8.32 Å². The molecule has 1 unspecified atom stereocenters. The molecule has 0 saturated carbocycles. The highest BCUT2D eigenvalue weighted by atomic mass is 28.4. The summed E-state index contributed by atoms with van der Waals surface area (Å²) in [6.07, 6.45) is 6.49. The van der Waals surface area contributed by atoms with Gasteiger partial charge in [-0.1, -0.05) is 81.4 Å². The standard InChI is InChI=1S/C29H40O5Si/c1-23(18-19-24(20-21-27(30)31)33-28-17-11-12-22-32-28)34-35(29(2,3)4,25-13-7-5-8-14-25)26-15-9-6-10-16-26/h5-10,13-16,20-21,23-24,28H,11-12,17-19,22H2,1-4H3,(H,30,31)/b21-20+/t23-,24-,28?/m0/s1. The summed E-state index contributed by atoms with van der Waals surface area (Å²) in [5.41, 5.74) is 0. The third-order valence-electron chi connectivity index (χ3n) is 6.57. The van der Waals surface area contributed by atoms with Crippen LogP contribution in [0.4, 0.5) is 0 Å². The molecule has 0 spiro atoms. The Hall–Kier alpha value is -2.25. The van der Waals surface area contributed by atoms with Gasteiger partial charge in [0.05, 0.1) is 6.10 Å². The molecular weight excluding hydrogens is 456 g/mol. The van der Waals surface area contributed by atoms with Gasteiger partial charge in [0.2, 0.25) is 0 Å². The van der Waals surface area contributed by atoms with E-state index in [2.05, 4.69) is 76.2 Å². The minimum absolute atomic E-state index is 0.0436. The highest BCUT2D eigenvalue weighted by Crippen LogP contribution is 2.38. The van der Waals surface area contributed by atoms with Gasteiger partial charge in [-0.05, 0) is 60.5 Å². The fourth-order valence-corrected chi connectivity index (χ4v) is 9.60. The summed E-state index contributed by atoms with van der Waals surface area (Å²) in [5, 5.41) is 11.5. The van der Waals surface area contributed by atoms with Crippen molar-refractivity contribution in [2.24, 2.45) is 0 Å². The number of benzene rings is 2. The number of carbonyl (C=O) groups is 1. The Kier molecular flexibility index (Phi) is 9.86. The maximum Gasteiger partial charge on any atom is 0.328 e. The second-order valence-electron chi connectivity index (χ2n) is 10.3. The van der Waals surface area contributed by atoms with Crippen LogP contribution in [0.15, 0.2) is 72.8 Å². The van der Waals surface area contributed by atoms with E-state index in [1.165, 1.54) is 16.4 Å². The number of carboxylic acid groups (broad SMARTS) is 1. The van der Waals surface area contributed by atoms with Gasteiger partial charge in [-0.15, -0.1) is 0 Å². The topological polar surface area (TPSA) is 65.0 Å². The lowest BCUT2D eigenvalue weighted by atomic mass is 10.1. The lowest BCUT2D eigenvalue weighted by molar-refractivity contribution is -0.180. The van der Waals surface area contributed by atoms with E-state index in [-0.39, 0.29) is 23.5 Å². The van der Waals surface area contributed by atoms with Crippen LogP contribution >= 0.6 is 0 Å². The lowest BCUT2D eigenvalue weighted by Gasteiger charge is -2.44. The molecule has 1 N–H and O–H groups in total. The predicted octanol–water partition coefficient (Wildman–Crippen LogP) is 5.28. The van der Waals surface area contributed by atoms with E-state index >= 15 is 0 Å². The van der Waals surface area contributed by atoms with Crippen molar-refractivity contribution < 1.29 is 23.8 Å². The Morgan fingerprint density at radius 1 is 1.06 bits per heavy atom. The molecule has 3 rings (SSSR count). The minimum atomic E-state index is -2.64. The summed E-state index contributed by atoms with van der Waals surface area (Å²) in [4.78, 5) is 11.2. The molecule has 5 nitrogen and oxygen atoms in total. The third kappa shape index (κ3) is 7.37. The zero-order valence-corrected chi connectivity index (χ0v) is 22.5. The first-order valence-corrected chi connectivity index (χ1v) is 14.6. The van der Waals surface area contributed by atoms with Gasteiger partial charge < -0.3 is 19.0 Å². The minimum Gasteiger partial charge on any atom is -0.478 e. The molecule has 6 heteroatoms. The van der Waals surface area contributed by atoms with Crippen LogP contribution in [0.3, 0.4) is 0 Å². The monoisotopic (exact) mass is 496 g/mol. The van der Waals surface area contributed by atoms with Crippen molar-refractivity contribution in [1.82, 2.24) is 0 Å². The van der Waals surface area contributed by atoms with Crippen LogP contribution < -0.4 is 10.4 Å². The molecule has 1 aliphatic rings. The van der Waals surface area contributed by atoms with Crippen molar-refractivity contribution in [1.29, 1.82) is 0 Å². The first-order chi connectivity index (χ1) is 16.7. The van der Waals surface area contributed by atoms with Crippen molar-refractivity contribution in [3.8, 4) is 0 Å². The molecule has 1 heterocycles. The van der Waals surface area contributed by atoms with Gasteiger partial charge in [0.15, 0.2) is 6.29 Å². The zero-order valence-electron chi connectivity index (χ0n) is 21.5. The van der Waals surface area contributed by atoms with E-state index in [0.29, 0.717) is 13.0 Å². The number of hydrogen-bond donors (Lipinski definition) is 1. The van der Waals surface area contributed by atoms with E-state index < -0.39 is 14.3 Å². The predicted molar refractivity (Wildman–Crippen MR) is 143 cm³/mol. The van der Waals surface area contributed by atoms with Crippen molar-refractivity contribution in [2.45, 2.75) is 83.3 Å². The highest BCUT2D eigenvalue weighted by molar-refractivity contribution is 6.99. The normalized spacial score (nSPS) is 18.9. The summed E-state index contributed by atoms with van der Waals surface area (Å²) < 4.78 is 19.0. The second-order valence-corrected chi connectivity index (χ2v) is 14.6. The molecular formula is C29H40O5Si. The second kappa shape index (κ2) is 12.6. The van der Waals surface area contributed by atoms with Crippen molar-refractivity contribution in [2.75, 3.05) is 6.61 Å². The number of carboxylic acids is 1. The first kappa shape index (κ1) is 27.3. The van der Waals surface area contributed by atoms with Crippen LogP contribution in [0.5, 0.6) is 0 Å². The fourth-order valence-electron chi connectivity index (χ4n) is 4.86. The van der Waals surface area contributed by atoms with Crippen molar-refractivity contribution in [3.05, 3.63) is 72.8 Å². The molecule has 1 aliphatic heterocycles. The largest absolute Gasteiger partial charge is 0.478 e. The zero-order chi connectivity index (χ0) is 25.3. The third-order valence-corrected chi connectivity index (χ3v) is 11.7. The van der Waals surface area contributed by atoms with Crippen molar-refractivity contribution >= 4 is 24.7 Å². The molecule has 3 atom stereocenters.